The molecule has 0 spiro atoms. The summed E-state index contributed by atoms with van der Waals surface area (Å²) in [6.07, 6.45) is 3.37. The summed E-state index contributed by atoms with van der Waals surface area (Å²) in [7, 11) is 0. The van der Waals surface area contributed by atoms with E-state index in [1.807, 2.05) is 6.07 Å². The van der Waals surface area contributed by atoms with Crippen LogP contribution in [0.3, 0.4) is 0 Å². The van der Waals surface area contributed by atoms with Gasteiger partial charge in [0.05, 0.1) is 12.8 Å². The number of pyridine rings is 1. The molecule has 1 aliphatic heterocycles. The molecule has 1 aromatic heterocycles. The molecule has 120 valence electrons. The van der Waals surface area contributed by atoms with Crippen molar-refractivity contribution in [3.8, 4) is 22.6 Å². The number of hydrogen-bond donors (Lipinski definition) is 1. The fourth-order valence-electron chi connectivity index (χ4n) is 2.39. The Balaban J connectivity index is 2.12. The van der Waals surface area contributed by atoms with Crippen molar-refractivity contribution in [2.75, 3.05) is 6.61 Å². The highest BCUT2D eigenvalue weighted by atomic mass is 19.1. The van der Waals surface area contributed by atoms with Crippen molar-refractivity contribution in [2.45, 2.75) is 25.9 Å². The quantitative estimate of drug-likeness (QED) is 0.938. The monoisotopic (exact) mass is 317 g/mol. The third kappa shape index (κ3) is 2.97. The predicted molar refractivity (Wildman–Crippen MR) is 81.2 cm³/mol. The second-order valence-electron chi connectivity index (χ2n) is 5.86. The SMILES string of the molecule is CC(C)(Oc1cc2c(cc1-c1cncc(F)c1)CCO2)C(=O)O. The number of carboxylic acid groups (broad SMARTS) is 1. The number of halogens is 1. The molecule has 5 nitrogen and oxygen atoms in total. The lowest BCUT2D eigenvalue weighted by molar-refractivity contribution is -0.152. The molecule has 23 heavy (non-hydrogen) atoms. The number of fused-ring (bicyclic) bond motifs is 1. The van der Waals surface area contributed by atoms with E-state index >= 15 is 0 Å². The van der Waals surface area contributed by atoms with E-state index in [2.05, 4.69) is 4.98 Å². The zero-order valence-electron chi connectivity index (χ0n) is 12.8. The van der Waals surface area contributed by atoms with Gasteiger partial charge in [-0.1, -0.05) is 0 Å². The first-order valence-electron chi connectivity index (χ1n) is 7.20. The van der Waals surface area contributed by atoms with Crippen LogP contribution in [0.4, 0.5) is 4.39 Å². The normalized spacial score (nSPS) is 13.3. The highest BCUT2D eigenvalue weighted by Gasteiger charge is 2.31. The lowest BCUT2D eigenvalue weighted by atomic mass is 10.0. The van der Waals surface area contributed by atoms with Gasteiger partial charge in [0, 0.05) is 29.8 Å². The summed E-state index contributed by atoms with van der Waals surface area (Å²) < 4.78 is 24.7. The zero-order chi connectivity index (χ0) is 16.6. The Kier molecular flexibility index (Phi) is 3.67. The van der Waals surface area contributed by atoms with Crippen molar-refractivity contribution in [3.63, 3.8) is 0 Å². The predicted octanol–water partition coefficient (Wildman–Crippen LogP) is 3.06. The zero-order valence-corrected chi connectivity index (χ0v) is 12.8. The molecule has 1 aromatic carbocycles. The summed E-state index contributed by atoms with van der Waals surface area (Å²) in [5.74, 6) is -0.579. The Hall–Kier alpha value is -2.63. The molecule has 0 unspecified atom stereocenters. The van der Waals surface area contributed by atoms with Crippen molar-refractivity contribution < 1.29 is 23.8 Å². The molecule has 0 saturated heterocycles. The fraction of sp³-hybridized carbons (Fsp3) is 0.294. The van der Waals surface area contributed by atoms with Gasteiger partial charge in [-0.3, -0.25) is 4.98 Å². The van der Waals surface area contributed by atoms with Gasteiger partial charge in [-0.2, -0.15) is 0 Å². The summed E-state index contributed by atoms with van der Waals surface area (Å²) in [6, 6.07) is 4.84. The number of rotatable bonds is 4. The van der Waals surface area contributed by atoms with Gasteiger partial charge in [0.15, 0.2) is 5.60 Å². The van der Waals surface area contributed by atoms with Crippen LogP contribution in [-0.2, 0) is 11.2 Å². The molecule has 0 radical (unpaired) electrons. The lowest BCUT2D eigenvalue weighted by Gasteiger charge is -2.24. The minimum absolute atomic E-state index is 0.324. The van der Waals surface area contributed by atoms with Gasteiger partial charge in [-0.25, -0.2) is 9.18 Å². The van der Waals surface area contributed by atoms with Crippen LogP contribution in [0.5, 0.6) is 11.5 Å². The van der Waals surface area contributed by atoms with Crippen LogP contribution in [0.2, 0.25) is 0 Å². The summed E-state index contributed by atoms with van der Waals surface area (Å²) >= 11 is 0. The number of ether oxygens (including phenoxy) is 2. The van der Waals surface area contributed by atoms with E-state index < -0.39 is 17.4 Å². The molecular formula is C17H16FNO4. The third-order valence-corrected chi connectivity index (χ3v) is 3.69. The maximum absolute atomic E-state index is 13.5. The molecule has 0 atom stereocenters. The van der Waals surface area contributed by atoms with E-state index in [1.165, 1.54) is 26.1 Å². The van der Waals surface area contributed by atoms with Crippen molar-refractivity contribution >= 4 is 5.97 Å². The van der Waals surface area contributed by atoms with Crippen molar-refractivity contribution in [2.24, 2.45) is 0 Å². The number of carbonyl (C=O) groups is 1. The van der Waals surface area contributed by atoms with Gasteiger partial charge in [-0.05, 0) is 31.5 Å². The van der Waals surface area contributed by atoms with Gasteiger partial charge >= 0.3 is 5.97 Å². The maximum atomic E-state index is 13.5. The van der Waals surface area contributed by atoms with E-state index in [-0.39, 0.29) is 0 Å². The Morgan fingerprint density at radius 1 is 1.35 bits per heavy atom. The molecule has 2 heterocycles. The van der Waals surface area contributed by atoms with Crippen LogP contribution in [0, 0.1) is 5.82 Å². The van der Waals surface area contributed by atoms with Crippen molar-refractivity contribution in [3.05, 3.63) is 42.0 Å². The van der Waals surface area contributed by atoms with Crippen LogP contribution in [-0.4, -0.2) is 28.3 Å². The lowest BCUT2D eigenvalue weighted by Crippen LogP contribution is -2.38. The number of benzene rings is 1. The minimum atomic E-state index is -1.43. The first kappa shape index (κ1) is 15.3. The Morgan fingerprint density at radius 2 is 2.13 bits per heavy atom. The molecule has 2 aromatic rings. The Labute approximate surface area is 132 Å². The number of aliphatic carboxylic acids is 1. The second-order valence-corrected chi connectivity index (χ2v) is 5.86. The van der Waals surface area contributed by atoms with E-state index in [9.17, 15) is 14.3 Å². The Bertz CT molecular complexity index is 773. The van der Waals surface area contributed by atoms with E-state index in [0.29, 0.717) is 29.2 Å². The maximum Gasteiger partial charge on any atom is 0.347 e. The van der Waals surface area contributed by atoms with E-state index in [0.717, 1.165) is 18.2 Å². The highest BCUT2D eigenvalue weighted by molar-refractivity contribution is 5.78. The van der Waals surface area contributed by atoms with Gasteiger partial charge in [0.25, 0.3) is 0 Å². The average Bonchev–Trinajstić information content (AvgIpc) is 2.93. The topological polar surface area (TPSA) is 68.7 Å². The summed E-state index contributed by atoms with van der Waals surface area (Å²) in [5, 5.41) is 9.27. The molecular weight excluding hydrogens is 301 g/mol. The van der Waals surface area contributed by atoms with Crippen LogP contribution in [0.15, 0.2) is 30.6 Å². The summed E-state index contributed by atoms with van der Waals surface area (Å²) in [6.45, 7) is 3.47. The van der Waals surface area contributed by atoms with E-state index in [4.69, 9.17) is 9.47 Å². The smallest absolute Gasteiger partial charge is 0.347 e. The van der Waals surface area contributed by atoms with Crippen LogP contribution < -0.4 is 9.47 Å². The molecule has 0 saturated carbocycles. The summed E-state index contributed by atoms with van der Waals surface area (Å²) in [4.78, 5) is 15.2. The van der Waals surface area contributed by atoms with Crippen molar-refractivity contribution in [1.82, 2.24) is 4.98 Å². The molecule has 0 fully saturated rings. The largest absolute Gasteiger partial charge is 0.493 e. The van der Waals surface area contributed by atoms with Crippen LogP contribution in [0.25, 0.3) is 11.1 Å². The molecule has 6 heteroatoms. The average molecular weight is 317 g/mol. The van der Waals surface area contributed by atoms with E-state index in [1.54, 1.807) is 6.07 Å². The van der Waals surface area contributed by atoms with Crippen LogP contribution in [0.1, 0.15) is 19.4 Å². The first-order chi connectivity index (χ1) is 10.9. The summed E-state index contributed by atoms with van der Waals surface area (Å²) in [5.41, 5.74) is 0.665. The first-order valence-corrected chi connectivity index (χ1v) is 7.20. The number of hydrogen-bond acceptors (Lipinski definition) is 4. The van der Waals surface area contributed by atoms with Crippen LogP contribution >= 0.6 is 0 Å². The van der Waals surface area contributed by atoms with Gasteiger partial charge in [0.1, 0.15) is 17.3 Å². The molecule has 0 aliphatic carbocycles. The van der Waals surface area contributed by atoms with Gasteiger partial charge < -0.3 is 14.6 Å². The minimum Gasteiger partial charge on any atom is -0.493 e. The molecule has 3 rings (SSSR count). The standard InChI is InChI=1S/C17H16FNO4/c1-17(2,16(20)21)23-15-7-14-10(3-4-22-14)6-13(15)11-5-12(18)9-19-8-11/h5-9H,3-4H2,1-2H3,(H,20,21). The highest BCUT2D eigenvalue weighted by Crippen LogP contribution is 2.40. The van der Waals surface area contributed by atoms with Crippen molar-refractivity contribution in [1.29, 1.82) is 0 Å². The fourth-order valence-corrected chi connectivity index (χ4v) is 2.39. The molecule has 0 bridgehead atoms. The molecule has 1 aliphatic rings. The Morgan fingerprint density at radius 3 is 2.83 bits per heavy atom. The number of aromatic nitrogens is 1. The molecule has 1 N–H and O–H groups in total. The van der Waals surface area contributed by atoms with Gasteiger partial charge in [-0.15, -0.1) is 0 Å². The second kappa shape index (κ2) is 5.53. The third-order valence-electron chi connectivity index (χ3n) is 3.69. The van der Waals surface area contributed by atoms with Gasteiger partial charge in [0.2, 0.25) is 0 Å². The molecule has 0 amide bonds. The number of carboxylic acids is 1. The number of nitrogens with zero attached hydrogens (tertiary/aromatic N) is 1.